The Hall–Kier alpha value is -0.250. The largest absolute Gasteiger partial charge is 0.330 e. The Labute approximate surface area is 90.5 Å². The SMILES string of the molecule is Cl.Cl.Cn1nccc1C1(CN)CC1. The maximum atomic E-state index is 5.69. The number of aromatic nitrogens is 2. The highest BCUT2D eigenvalue weighted by Gasteiger charge is 2.44. The van der Waals surface area contributed by atoms with E-state index < -0.39 is 0 Å². The Bertz CT molecular complexity index is 268. The number of hydrogen-bond acceptors (Lipinski definition) is 2. The van der Waals surface area contributed by atoms with Crippen molar-refractivity contribution in [3.8, 4) is 0 Å². The quantitative estimate of drug-likeness (QED) is 0.821. The van der Waals surface area contributed by atoms with Gasteiger partial charge in [-0.15, -0.1) is 24.8 Å². The summed E-state index contributed by atoms with van der Waals surface area (Å²) in [5, 5.41) is 4.13. The number of aryl methyl sites for hydroxylation is 1. The van der Waals surface area contributed by atoms with E-state index in [4.69, 9.17) is 5.73 Å². The molecule has 0 bridgehead atoms. The maximum Gasteiger partial charge on any atom is 0.0492 e. The fourth-order valence-electron chi connectivity index (χ4n) is 1.61. The summed E-state index contributed by atoms with van der Waals surface area (Å²) < 4.78 is 1.93. The molecule has 0 radical (unpaired) electrons. The zero-order chi connectivity index (χ0) is 7.90. The van der Waals surface area contributed by atoms with Crippen LogP contribution in [0.15, 0.2) is 12.3 Å². The molecule has 13 heavy (non-hydrogen) atoms. The second-order valence-corrected chi connectivity index (χ2v) is 3.32. The zero-order valence-electron chi connectivity index (χ0n) is 7.56. The molecule has 1 aliphatic rings. The molecule has 0 saturated heterocycles. The summed E-state index contributed by atoms with van der Waals surface area (Å²) in [7, 11) is 1.98. The molecule has 76 valence electrons. The second kappa shape index (κ2) is 4.31. The van der Waals surface area contributed by atoms with Gasteiger partial charge in [0.1, 0.15) is 0 Å². The van der Waals surface area contributed by atoms with Crippen LogP contribution in [0.3, 0.4) is 0 Å². The Morgan fingerprint density at radius 1 is 1.54 bits per heavy atom. The molecule has 2 N–H and O–H groups in total. The minimum Gasteiger partial charge on any atom is -0.330 e. The van der Waals surface area contributed by atoms with Gasteiger partial charge in [-0.25, -0.2) is 0 Å². The van der Waals surface area contributed by atoms with Gasteiger partial charge in [-0.1, -0.05) is 0 Å². The fourth-order valence-corrected chi connectivity index (χ4v) is 1.61. The van der Waals surface area contributed by atoms with Crippen LogP contribution in [-0.2, 0) is 12.5 Å². The van der Waals surface area contributed by atoms with Gasteiger partial charge in [0.2, 0.25) is 0 Å². The normalized spacial score (nSPS) is 17.1. The Balaban J connectivity index is 0.000000720. The molecule has 0 amide bonds. The van der Waals surface area contributed by atoms with Crippen LogP contribution in [0.1, 0.15) is 18.5 Å². The summed E-state index contributed by atoms with van der Waals surface area (Å²) in [5.74, 6) is 0. The molecule has 1 fully saturated rings. The van der Waals surface area contributed by atoms with Crippen LogP contribution in [-0.4, -0.2) is 16.3 Å². The van der Waals surface area contributed by atoms with E-state index >= 15 is 0 Å². The third-order valence-electron chi connectivity index (χ3n) is 2.61. The highest BCUT2D eigenvalue weighted by Crippen LogP contribution is 2.46. The van der Waals surface area contributed by atoms with Crippen molar-refractivity contribution in [2.75, 3.05) is 6.54 Å². The first-order valence-electron chi connectivity index (χ1n) is 3.97. The van der Waals surface area contributed by atoms with Gasteiger partial charge in [0.25, 0.3) is 0 Å². The Morgan fingerprint density at radius 3 is 2.46 bits per heavy atom. The van der Waals surface area contributed by atoms with Crippen LogP contribution in [0.25, 0.3) is 0 Å². The molecule has 0 aromatic carbocycles. The van der Waals surface area contributed by atoms with E-state index in [-0.39, 0.29) is 30.2 Å². The summed E-state index contributed by atoms with van der Waals surface area (Å²) in [6.07, 6.45) is 4.29. The average molecular weight is 224 g/mol. The van der Waals surface area contributed by atoms with Crippen LogP contribution in [0.2, 0.25) is 0 Å². The molecule has 1 aliphatic carbocycles. The first-order chi connectivity index (χ1) is 5.28. The van der Waals surface area contributed by atoms with Crippen LogP contribution in [0.4, 0.5) is 0 Å². The zero-order valence-corrected chi connectivity index (χ0v) is 9.20. The van der Waals surface area contributed by atoms with E-state index in [0.717, 1.165) is 6.54 Å². The smallest absolute Gasteiger partial charge is 0.0492 e. The Morgan fingerprint density at radius 2 is 2.15 bits per heavy atom. The molecule has 5 heteroatoms. The molecule has 0 atom stereocenters. The van der Waals surface area contributed by atoms with Crippen LogP contribution in [0, 0.1) is 0 Å². The second-order valence-electron chi connectivity index (χ2n) is 3.32. The van der Waals surface area contributed by atoms with Gasteiger partial charge in [-0.2, -0.15) is 5.10 Å². The predicted octanol–water partition coefficient (Wildman–Crippen LogP) is 1.25. The van der Waals surface area contributed by atoms with Crippen molar-refractivity contribution < 1.29 is 0 Å². The van der Waals surface area contributed by atoms with Crippen LogP contribution >= 0.6 is 24.8 Å². The van der Waals surface area contributed by atoms with Crippen LogP contribution < -0.4 is 5.73 Å². The lowest BCUT2D eigenvalue weighted by atomic mass is 10.0. The van der Waals surface area contributed by atoms with Gasteiger partial charge in [0.15, 0.2) is 0 Å². The van der Waals surface area contributed by atoms with Crippen molar-refractivity contribution >= 4 is 24.8 Å². The van der Waals surface area contributed by atoms with Gasteiger partial charge in [0, 0.05) is 30.9 Å². The Kier molecular flexibility index (Phi) is 4.23. The first kappa shape index (κ1) is 12.8. The number of halogens is 2. The topological polar surface area (TPSA) is 43.8 Å². The van der Waals surface area contributed by atoms with E-state index in [1.165, 1.54) is 18.5 Å². The molecule has 1 heterocycles. The van der Waals surface area contributed by atoms with Crippen molar-refractivity contribution in [1.29, 1.82) is 0 Å². The van der Waals surface area contributed by atoms with Crippen LogP contribution in [0.5, 0.6) is 0 Å². The van der Waals surface area contributed by atoms with E-state index in [1.807, 2.05) is 17.9 Å². The number of hydrogen-bond donors (Lipinski definition) is 1. The van der Waals surface area contributed by atoms with E-state index in [9.17, 15) is 0 Å². The molecule has 3 nitrogen and oxygen atoms in total. The maximum absolute atomic E-state index is 5.69. The molecule has 0 aliphatic heterocycles. The highest BCUT2D eigenvalue weighted by atomic mass is 35.5. The fraction of sp³-hybridized carbons (Fsp3) is 0.625. The molecule has 2 rings (SSSR count). The van der Waals surface area contributed by atoms with Crippen molar-refractivity contribution in [2.45, 2.75) is 18.3 Å². The molecular formula is C8H15Cl2N3. The van der Waals surface area contributed by atoms with Crippen molar-refractivity contribution in [3.05, 3.63) is 18.0 Å². The summed E-state index contributed by atoms with van der Waals surface area (Å²) in [6.45, 7) is 0.756. The van der Waals surface area contributed by atoms with E-state index in [1.54, 1.807) is 0 Å². The number of nitrogens with zero attached hydrogens (tertiary/aromatic N) is 2. The molecule has 0 unspecified atom stereocenters. The minimum absolute atomic E-state index is 0. The molecular weight excluding hydrogens is 209 g/mol. The lowest BCUT2D eigenvalue weighted by Gasteiger charge is -2.11. The predicted molar refractivity (Wildman–Crippen MR) is 57.7 cm³/mol. The monoisotopic (exact) mass is 223 g/mol. The van der Waals surface area contributed by atoms with Gasteiger partial charge in [0.05, 0.1) is 0 Å². The van der Waals surface area contributed by atoms with E-state index in [0.29, 0.717) is 0 Å². The lowest BCUT2D eigenvalue weighted by Crippen LogP contribution is -2.22. The summed E-state index contributed by atoms with van der Waals surface area (Å²) in [4.78, 5) is 0. The minimum atomic E-state index is 0. The van der Waals surface area contributed by atoms with Gasteiger partial charge < -0.3 is 5.73 Å². The molecule has 1 aromatic rings. The molecule has 1 aromatic heterocycles. The first-order valence-corrected chi connectivity index (χ1v) is 3.97. The summed E-state index contributed by atoms with van der Waals surface area (Å²) >= 11 is 0. The third-order valence-corrected chi connectivity index (χ3v) is 2.61. The van der Waals surface area contributed by atoms with E-state index in [2.05, 4.69) is 11.2 Å². The lowest BCUT2D eigenvalue weighted by molar-refractivity contribution is 0.602. The number of nitrogens with two attached hydrogens (primary N) is 1. The summed E-state index contributed by atoms with van der Waals surface area (Å²) in [5.41, 5.74) is 7.26. The molecule has 0 spiro atoms. The van der Waals surface area contributed by atoms with Gasteiger partial charge in [-0.3, -0.25) is 4.68 Å². The average Bonchev–Trinajstić information content (AvgIpc) is 2.70. The van der Waals surface area contributed by atoms with Crippen molar-refractivity contribution in [2.24, 2.45) is 12.8 Å². The van der Waals surface area contributed by atoms with Crippen molar-refractivity contribution in [3.63, 3.8) is 0 Å². The highest BCUT2D eigenvalue weighted by molar-refractivity contribution is 5.85. The third kappa shape index (κ3) is 1.98. The van der Waals surface area contributed by atoms with Crippen molar-refractivity contribution in [1.82, 2.24) is 9.78 Å². The standard InChI is InChI=1S/C8H13N3.2ClH/c1-11-7(2-5-10-11)8(6-9)3-4-8;;/h2,5H,3-4,6,9H2,1H3;2*1H. The summed E-state index contributed by atoms with van der Waals surface area (Å²) in [6, 6.07) is 2.07. The van der Waals surface area contributed by atoms with Gasteiger partial charge in [-0.05, 0) is 18.9 Å². The molecule has 1 saturated carbocycles. The van der Waals surface area contributed by atoms with Gasteiger partial charge >= 0.3 is 0 Å². The number of rotatable bonds is 2.